The molecule has 1 saturated carbocycles. The summed E-state index contributed by atoms with van der Waals surface area (Å²) in [5, 5.41) is 6.44. The highest BCUT2D eigenvalue weighted by molar-refractivity contribution is 7.80. The highest BCUT2D eigenvalue weighted by atomic mass is 32.1. The molecule has 1 heterocycles. The number of rotatable bonds is 4. The van der Waals surface area contributed by atoms with Crippen LogP contribution in [0, 0.1) is 6.92 Å². The van der Waals surface area contributed by atoms with Gasteiger partial charge in [0.1, 0.15) is 11.3 Å². The topological polar surface area (TPSA) is 97.4 Å². The third kappa shape index (κ3) is 3.65. The van der Waals surface area contributed by atoms with E-state index in [2.05, 4.69) is 10.6 Å². The van der Waals surface area contributed by atoms with Crippen molar-refractivity contribution in [2.75, 3.05) is 5.32 Å². The fraction of sp³-hybridized carbons (Fsp3) is 0.533. The van der Waals surface area contributed by atoms with Crippen LogP contribution in [-0.4, -0.2) is 22.8 Å². The number of aryl methyl sites for hydroxylation is 1. The van der Waals surface area contributed by atoms with Crippen molar-refractivity contribution in [3.8, 4) is 0 Å². The Bertz CT molecular complexity index is 603. The van der Waals surface area contributed by atoms with Crippen LogP contribution >= 0.6 is 12.2 Å². The average molecular weight is 323 g/mol. The molecule has 0 unspecified atom stereocenters. The average Bonchev–Trinajstić information content (AvgIpc) is 2.76. The quantitative estimate of drug-likeness (QED) is 0.582. The van der Waals surface area contributed by atoms with Crippen LogP contribution in [0.5, 0.6) is 0 Å². The first-order valence-electron chi connectivity index (χ1n) is 7.41. The van der Waals surface area contributed by atoms with Crippen LogP contribution in [0.4, 0.5) is 5.88 Å². The monoisotopic (exact) mass is 323 g/mol. The first-order valence-corrected chi connectivity index (χ1v) is 7.82. The van der Waals surface area contributed by atoms with Gasteiger partial charge in [0.2, 0.25) is 5.88 Å². The Morgan fingerprint density at radius 2 is 1.86 bits per heavy atom. The Balaban J connectivity index is 2.14. The maximum atomic E-state index is 11.7. The highest BCUT2D eigenvalue weighted by Crippen LogP contribution is 2.27. The zero-order valence-electron chi connectivity index (χ0n) is 12.8. The number of carbonyl (C=O) groups excluding carboxylic acids is 2. The third-order valence-corrected chi connectivity index (χ3v) is 4.07. The largest absolute Gasteiger partial charge is 0.444 e. The van der Waals surface area contributed by atoms with Gasteiger partial charge in [0.15, 0.2) is 10.9 Å². The van der Waals surface area contributed by atoms with E-state index in [1.807, 2.05) is 0 Å². The van der Waals surface area contributed by atoms with Crippen molar-refractivity contribution >= 4 is 34.9 Å². The van der Waals surface area contributed by atoms with Gasteiger partial charge in [-0.3, -0.25) is 9.59 Å². The standard InChI is InChI=1S/C15H21N3O3S/c1-8(19)11-9(2)21-14(12(11)13(16)20)18-15(22)17-10-6-4-3-5-7-10/h10H,3-7H2,1-2H3,(H2,16,20)(H2,17,18,22). The van der Waals surface area contributed by atoms with Crippen molar-refractivity contribution in [1.29, 1.82) is 0 Å². The van der Waals surface area contributed by atoms with Gasteiger partial charge >= 0.3 is 0 Å². The van der Waals surface area contributed by atoms with Gasteiger partial charge < -0.3 is 20.8 Å². The molecule has 0 aliphatic heterocycles. The van der Waals surface area contributed by atoms with Crippen molar-refractivity contribution < 1.29 is 14.0 Å². The lowest BCUT2D eigenvalue weighted by molar-refractivity contribution is 0.0974. The number of furan rings is 1. The lowest BCUT2D eigenvalue weighted by Crippen LogP contribution is -2.39. The number of hydrogen-bond acceptors (Lipinski definition) is 4. The van der Waals surface area contributed by atoms with Gasteiger partial charge in [0, 0.05) is 6.04 Å². The molecule has 22 heavy (non-hydrogen) atoms. The number of nitrogens with one attached hydrogen (secondary N) is 2. The number of primary amides is 1. The Kier molecular flexibility index (Phi) is 5.18. The number of thiocarbonyl (C=S) groups is 1. The summed E-state index contributed by atoms with van der Waals surface area (Å²) in [6.45, 7) is 2.98. The molecule has 120 valence electrons. The molecule has 1 amide bonds. The summed E-state index contributed by atoms with van der Waals surface area (Å²) >= 11 is 5.26. The molecule has 4 N–H and O–H groups in total. The van der Waals surface area contributed by atoms with E-state index >= 15 is 0 Å². The number of amides is 1. The van der Waals surface area contributed by atoms with Crippen LogP contribution in [0.15, 0.2) is 4.42 Å². The normalized spacial score (nSPS) is 15.4. The maximum Gasteiger partial charge on any atom is 0.255 e. The van der Waals surface area contributed by atoms with Gasteiger partial charge in [0.25, 0.3) is 5.91 Å². The second-order valence-electron chi connectivity index (χ2n) is 5.59. The lowest BCUT2D eigenvalue weighted by atomic mass is 9.96. The number of nitrogens with two attached hydrogens (primary N) is 1. The van der Waals surface area contributed by atoms with E-state index in [-0.39, 0.29) is 22.8 Å². The fourth-order valence-corrected chi connectivity index (χ4v) is 3.12. The number of hydrogen-bond donors (Lipinski definition) is 3. The van der Waals surface area contributed by atoms with E-state index in [9.17, 15) is 9.59 Å². The van der Waals surface area contributed by atoms with E-state index in [1.54, 1.807) is 6.92 Å². The van der Waals surface area contributed by atoms with E-state index < -0.39 is 5.91 Å². The molecular formula is C15H21N3O3S. The molecule has 0 atom stereocenters. The molecule has 0 bridgehead atoms. The van der Waals surface area contributed by atoms with Crippen LogP contribution < -0.4 is 16.4 Å². The van der Waals surface area contributed by atoms with Crippen molar-refractivity contribution in [3.63, 3.8) is 0 Å². The van der Waals surface area contributed by atoms with E-state index in [0.29, 0.717) is 16.9 Å². The second-order valence-corrected chi connectivity index (χ2v) is 6.00. The summed E-state index contributed by atoms with van der Waals surface area (Å²) in [4.78, 5) is 23.3. The molecule has 1 fully saturated rings. The van der Waals surface area contributed by atoms with Gasteiger partial charge in [-0.2, -0.15) is 0 Å². The molecule has 1 aromatic heterocycles. The van der Waals surface area contributed by atoms with E-state index in [0.717, 1.165) is 12.8 Å². The first kappa shape index (κ1) is 16.5. The Labute approximate surface area is 134 Å². The van der Waals surface area contributed by atoms with Gasteiger partial charge in [-0.25, -0.2) is 0 Å². The molecule has 0 saturated heterocycles. The summed E-state index contributed by atoms with van der Waals surface area (Å²) in [6.07, 6.45) is 5.76. The summed E-state index contributed by atoms with van der Waals surface area (Å²) in [5.41, 5.74) is 5.63. The molecule has 1 aliphatic carbocycles. The van der Waals surface area contributed by atoms with E-state index in [1.165, 1.54) is 26.2 Å². The number of Topliss-reactive ketones (excluding diaryl/α,β-unsaturated/α-hetero) is 1. The van der Waals surface area contributed by atoms with Crippen molar-refractivity contribution in [1.82, 2.24) is 5.32 Å². The minimum atomic E-state index is -0.718. The summed E-state index contributed by atoms with van der Waals surface area (Å²) in [6, 6.07) is 0.328. The Morgan fingerprint density at radius 1 is 1.23 bits per heavy atom. The van der Waals surface area contributed by atoms with Gasteiger partial charge in [0.05, 0.1) is 5.56 Å². The van der Waals surface area contributed by atoms with Crippen molar-refractivity contribution in [2.45, 2.75) is 52.0 Å². The molecule has 7 heteroatoms. The van der Waals surface area contributed by atoms with Gasteiger partial charge in [-0.15, -0.1) is 0 Å². The second kappa shape index (κ2) is 6.91. The molecule has 2 rings (SSSR count). The van der Waals surface area contributed by atoms with Crippen LogP contribution in [-0.2, 0) is 0 Å². The number of anilines is 1. The van der Waals surface area contributed by atoms with Gasteiger partial charge in [-0.1, -0.05) is 19.3 Å². The summed E-state index contributed by atoms with van der Waals surface area (Å²) < 4.78 is 5.47. The molecule has 6 nitrogen and oxygen atoms in total. The van der Waals surface area contributed by atoms with E-state index in [4.69, 9.17) is 22.4 Å². The molecule has 0 aromatic carbocycles. The molecule has 1 aromatic rings. The molecule has 1 aliphatic rings. The van der Waals surface area contributed by atoms with Gasteiger partial charge in [-0.05, 0) is 38.9 Å². The van der Waals surface area contributed by atoms with Crippen LogP contribution in [0.2, 0.25) is 0 Å². The smallest absolute Gasteiger partial charge is 0.255 e. The van der Waals surface area contributed by atoms with Crippen molar-refractivity contribution in [2.24, 2.45) is 5.73 Å². The van der Waals surface area contributed by atoms with Crippen LogP contribution in [0.25, 0.3) is 0 Å². The first-order chi connectivity index (χ1) is 10.4. The minimum Gasteiger partial charge on any atom is -0.444 e. The van der Waals surface area contributed by atoms with Crippen molar-refractivity contribution in [3.05, 3.63) is 16.9 Å². The number of ketones is 1. The van der Waals surface area contributed by atoms with Crippen LogP contribution in [0.3, 0.4) is 0 Å². The SMILES string of the molecule is CC(=O)c1c(C)oc(NC(=S)NC2CCCCC2)c1C(N)=O. The highest BCUT2D eigenvalue weighted by Gasteiger charge is 2.26. The lowest BCUT2D eigenvalue weighted by Gasteiger charge is -2.24. The third-order valence-electron chi connectivity index (χ3n) is 3.85. The predicted octanol–water partition coefficient (Wildman–Crippen LogP) is 2.51. The zero-order chi connectivity index (χ0) is 16.3. The maximum absolute atomic E-state index is 11.7. The van der Waals surface area contributed by atoms with Crippen LogP contribution in [0.1, 0.15) is 65.5 Å². The fourth-order valence-electron chi connectivity index (χ4n) is 2.86. The zero-order valence-corrected chi connectivity index (χ0v) is 13.6. The summed E-state index contributed by atoms with van der Waals surface area (Å²) in [7, 11) is 0. The predicted molar refractivity (Wildman–Crippen MR) is 88.2 cm³/mol. The molecular weight excluding hydrogens is 302 g/mol. The molecule has 0 spiro atoms. The Hall–Kier alpha value is -1.89. The minimum absolute atomic E-state index is 0.0535. The summed E-state index contributed by atoms with van der Waals surface area (Å²) in [5.74, 6) is -0.507. The molecule has 0 radical (unpaired) electrons. The number of carbonyl (C=O) groups is 2. The Morgan fingerprint density at radius 3 is 2.41 bits per heavy atom.